The summed E-state index contributed by atoms with van der Waals surface area (Å²) >= 11 is 6.52. The van der Waals surface area contributed by atoms with E-state index >= 15 is 0 Å². The number of piperidine rings is 1. The minimum Gasteiger partial charge on any atom is -0.481 e. The molecule has 8 nitrogen and oxygen atoms in total. The van der Waals surface area contributed by atoms with Gasteiger partial charge in [-0.1, -0.05) is 36.7 Å². The maximum absolute atomic E-state index is 13.0. The van der Waals surface area contributed by atoms with Gasteiger partial charge in [-0.15, -0.1) is 0 Å². The fourth-order valence-electron chi connectivity index (χ4n) is 5.10. The molecule has 0 aromatic heterocycles. The fraction of sp³-hybridized carbons (Fsp3) is 0.667. The third kappa shape index (κ3) is 5.20. The van der Waals surface area contributed by atoms with Crippen LogP contribution in [0.3, 0.4) is 0 Å². The van der Waals surface area contributed by atoms with E-state index in [4.69, 9.17) is 25.8 Å². The van der Waals surface area contributed by atoms with E-state index < -0.39 is 47.1 Å². The summed E-state index contributed by atoms with van der Waals surface area (Å²) in [7, 11) is 0. The molecule has 1 saturated heterocycles. The van der Waals surface area contributed by atoms with Crippen LogP contribution in [-0.2, 0) is 23.8 Å². The first-order valence-corrected chi connectivity index (χ1v) is 11.8. The van der Waals surface area contributed by atoms with Crippen LogP contribution in [0, 0.1) is 10.8 Å². The highest BCUT2D eigenvalue weighted by Gasteiger charge is 2.65. The Kier molecular flexibility index (Phi) is 9.70. The number of carboxylic acid groups (broad SMARTS) is 2. The molecule has 1 heterocycles. The minimum atomic E-state index is -1.49. The van der Waals surface area contributed by atoms with E-state index in [-0.39, 0.29) is 19.6 Å². The number of hydrogen-bond donors (Lipinski definition) is 3. The lowest BCUT2D eigenvalue weighted by Gasteiger charge is -2.56. The molecule has 0 amide bonds. The smallest absolute Gasteiger partial charge is 0.311 e. The summed E-state index contributed by atoms with van der Waals surface area (Å²) in [5.74, 6) is -3.08. The highest BCUT2D eigenvalue weighted by molar-refractivity contribution is 6.31. The second kappa shape index (κ2) is 11.6. The van der Waals surface area contributed by atoms with E-state index in [0.29, 0.717) is 23.8 Å². The van der Waals surface area contributed by atoms with Gasteiger partial charge in [0.1, 0.15) is 0 Å². The van der Waals surface area contributed by atoms with Gasteiger partial charge < -0.3 is 29.7 Å². The molecule has 0 saturated carbocycles. The molecule has 1 aromatic carbocycles. The monoisotopic (exact) mass is 485 g/mol. The third-order valence-corrected chi connectivity index (χ3v) is 7.34. The summed E-state index contributed by atoms with van der Waals surface area (Å²) in [5.41, 5.74) is -2.42. The van der Waals surface area contributed by atoms with Crippen molar-refractivity contribution in [1.29, 1.82) is 0 Å². The molecule has 2 rings (SSSR count). The number of aliphatic carboxylic acids is 2. The topological polar surface area (TPSA) is 114 Å². The van der Waals surface area contributed by atoms with Crippen LogP contribution in [0.15, 0.2) is 24.3 Å². The highest BCUT2D eigenvalue weighted by Crippen LogP contribution is 2.58. The number of carboxylic acids is 2. The molecule has 0 bridgehead atoms. The largest absolute Gasteiger partial charge is 0.481 e. The Morgan fingerprint density at radius 3 is 2.21 bits per heavy atom. The van der Waals surface area contributed by atoms with Crippen molar-refractivity contribution in [3.05, 3.63) is 34.9 Å². The highest BCUT2D eigenvalue weighted by atomic mass is 35.5. The molecule has 0 spiro atoms. The summed E-state index contributed by atoms with van der Waals surface area (Å²) < 4.78 is 16.9. The minimum absolute atomic E-state index is 0.0395. The van der Waals surface area contributed by atoms with Gasteiger partial charge >= 0.3 is 11.9 Å². The lowest BCUT2D eigenvalue weighted by atomic mass is 9.51. The van der Waals surface area contributed by atoms with E-state index in [9.17, 15) is 19.8 Å². The summed E-state index contributed by atoms with van der Waals surface area (Å²) in [5, 5.41) is 24.5. The maximum atomic E-state index is 13.0. The van der Waals surface area contributed by atoms with Crippen LogP contribution in [-0.4, -0.2) is 67.0 Å². The van der Waals surface area contributed by atoms with Crippen molar-refractivity contribution in [1.82, 2.24) is 5.32 Å². The van der Waals surface area contributed by atoms with Gasteiger partial charge in [-0.25, -0.2) is 0 Å². The summed E-state index contributed by atoms with van der Waals surface area (Å²) in [6.45, 7) is 9.88. The molecular weight excluding hydrogens is 450 g/mol. The predicted molar refractivity (Wildman–Crippen MR) is 125 cm³/mol. The van der Waals surface area contributed by atoms with E-state index in [1.807, 2.05) is 13.8 Å². The molecule has 1 aromatic rings. The van der Waals surface area contributed by atoms with Gasteiger partial charge in [0.05, 0.1) is 24.0 Å². The third-order valence-electron chi connectivity index (χ3n) is 6.99. The summed E-state index contributed by atoms with van der Waals surface area (Å²) in [6.07, 6.45) is -0.389. The van der Waals surface area contributed by atoms with Gasteiger partial charge in [0.15, 0.2) is 6.29 Å². The first-order valence-electron chi connectivity index (χ1n) is 11.4. The molecule has 186 valence electrons. The molecule has 0 radical (unpaired) electrons. The van der Waals surface area contributed by atoms with Crippen molar-refractivity contribution in [2.45, 2.75) is 65.3 Å². The number of hydrogen-bond acceptors (Lipinski definition) is 6. The number of carbonyl (C=O) groups is 2. The number of halogens is 1. The molecule has 33 heavy (non-hydrogen) atoms. The van der Waals surface area contributed by atoms with Crippen molar-refractivity contribution in [3.63, 3.8) is 0 Å². The number of benzene rings is 1. The Morgan fingerprint density at radius 2 is 1.73 bits per heavy atom. The van der Waals surface area contributed by atoms with Crippen LogP contribution in [0.25, 0.3) is 0 Å². The Hall–Kier alpha value is -1.71. The standard InChI is InChI=1S/C24H36ClNO7/c1-6-24(22(29)30)18(13-31-14-19(32-7-2)33-8-3)26-15(4)23(5,21(27)28)20(24)16-11-9-10-12-17(16)25/h9-12,15,18-20,26H,6-8,13-14H2,1-5H3,(H,27,28)(H,29,30)/t15-,18+,20+,23+,24-/m1/s1. The quantitative estimate of drug-likeness (QED) is 0.383. The first-order chi connectivity index (χ1) is 15.6. The van der Waals surface area contributed by atoms with Crippen molar-refractivity contribution in [3.8, 4) is 0 Å². The van der Waals surface area contributed by atoms with Crippen LogP contribution < -0.4 is 5.32 Å². The van der Waals surface area contributed by atoms with Crippen LogP contribution in [0.2, 0.25) is 5.02 Å². The van der Waals surface area contributed by atoms with E-state index in [2.05, 4.69) is 5.32 Å². The van der Waals surface area contributed by atoms with Gasteiger partial charge in [-0.05, 0) is 45.7 Å². The van der Waals surface area contributed by atoms with Crippen molar-refractivity contribution in [2.75, 3.05) is 26.4 Å². The SMILES string of the molecule is CCOC(COC[C@@H]1N[C@H](C)[C@](C)(C(=O)O)[C@H](c2ccccc2Cl)[C@]1(CC)C(=O)O)OCC. The zero-order chi connectivity index (χ0) is 24.8. The van der Waals surface area contributed by atoms with Crippen LogP contribution in [0.5, 0.6) is 0 Å². The van der Waals surface area contributed by atoms with Crippen molar-refractivity contribution < 1.29 is 34.0 Å². The molecule has 3 N–H and O–H groups in total. The second-order valence-electron chi connectivity index (χ2n) is 8.56. The van der Waals surface area contributed by atoms with Crippen molar-refractivity contribution in [2.24, 2.45) is 10.8 Å². The number of nitrogens with one attached hydrogen (secondary N) is 1. The number of ether oxygens (including phenoxy) is 3. The molecule has 9 heteroatoms. The maximum Gasteiger partial charge on any atom is 0.311 e. The van der Waals surface area contributed by atoms with E-state index in [1.165, 1.54) is 0 Å². The van der Waals surface area contributed by atoms with Gasteiger partial charge in [0.2, 0.25) is 0 Å². The van der Waals surface area contributed by atoms with Crippen molar-refractivity contribution >= 4 is 23.5 Å². The van der Waals surface area contributed by atoms with E-state index in [1.54, 1.807) is 45.0 Å². The molecule has 1 aliphatic rings. The summed E-state index contributed by atoms with van der Waals surface area (Å²) in [6, 6.07) is 5.64. The molecular formula is C24H36ClNO7. The van der Waals surface area contributed by atoms with E-state index in [0.717, 1.165) is 0 Å². The van der Waals surface area contributed by atoms with Crippen LogP contribution in [0.1, 0.15) is 52.5 Å². The van der Waals surface area contributed by atoms with Crippen LogP contribution >= 0.6 is 11.6 Å². The Labute approximate surface area is 200 Å². The Balaban J connectivity index is 2.53. The molecule has 1 aliphatic heterocycles. The zero-order valence-electron chi connectivity index (χ0n) is 20.0. The second-order valence-corrected chi connectivity index (χ2v) is 8.97. The molecule has 1 fully saturated rings. The zero-order valence-corrected chi connectivity index (χ0v) is 20.7. The Bertz CT molecular complexity index is 816. The van der Waals surface area contributed by atoms with Gasteiger partial charge in [0, 0.05) is 36.2 Å². The normalized spacial score (nSPS) is 29.8. The Morgan fingerprint density at radius 1 is 1.12 bits per heavy atom. The average molecular weight is 486 g/mol. The van der Waals surface area contributed by atoms with Gasteiger partial charge in [0.25, 0.3) is 0 Å². The molecule has 5 atom stereocenters. The molecule has 0 unspecified atom stereocenters. The lowest BCUT2D eigenvalue weighted by molar-refractivity contribution is -0.182. The lowest BCUT2D eigenvalue weighted by Crippen LogP contribution is -2.70. The average Bonchev–Trinajstić information content (AvgIpc) is 2.76. The first kappa shape index (κ1) is 27.5. The van der Waals surface area contributed by atoms with Gasteiger partial charge in [-0.2, -0.15) is 0 Å². The summed E-state index contributed by atoms with van der Waals surface area (Å²) in [4.78, 5) is 25.6. The van der Waals surface area contributed by atoms with Gasteiger partial charge in [-0.3, -0.25) is 9.59 Å². The fourth-order valence-corrected chi connectivity index (χ4v) is 5.34. The van der Waals surface area contributed by atoms with Crippen LogP contribution in [0.4, 0.5) is 0 Å². The predicted octanol–water partition coefficient (Wildman–Crippen LogP) is 3.77. The molecule has 0 aliphatic carbocycles. The number of rotatable bonds is 12.